The SMILES string of the molecule is O=C(COc1ccc2c(=O)c3ccccc3oc2c1)NCc1ccc(Cl)cc1. The number of fused-ring (bicyclic) bond motifs is 2. The maximum Gasteiger partial charge on any atom is 0.258 e. The highest BCUT2D eigenvalue weighted by molar-refractivity contribution is 6.30. The van der Waals surface area contributed by atoms with Crippen molar-refractivity contribution in [1.29, 1.82) is 0 Å². The second kappa shape index (κ2) is 7.74. The molecule has 0 saturated heterocycles. The van der Waals surface area contributed by atoms with E-state index in [2.05, 4.69) is 5.32 Å². The molecule has 0 aliphatic carbocycles. The fourth-order valence-electron chi connectivity index (χ4n) is 2.87. The van der Waals surface area contributed by atoms with Crippen molar-refractivity contribution in [2.45, 2.75) is 6.54 Å². The topological polar surface area (TPSA) is 68.5 Å². The van der Waals surface area contributed by atoms with Crippen molar-refractivity contribution in [1.82, 2.24) is 5.32 Å². The number of nitrogens with one attached hydrogen (secondary N) is 1. The zero-order valence-electron chi connectivity index (χ0n) is 14.8. The lowest BCUT2D eigenvalue weighted by atomic mass is 10.1. The Labute approximate surface area is 165 Å². The van der Waals surface area contributed by atoms with Crippen LogP contribution < -0.4 is 15.5 Å². The Morgan fingerprint density at radius 3 is 2.54 bits per heavy atom. The van der Waals surface area contributed by atoms with Crippen LogP contribution in [0.25, 0.3) is 21.9 Å². The third-order valence-electron chi connectivity index (χ3n) is 4.32. The first-order valence-electron chi connectivity index (χ1n) is 8.70. The van der Waals surface area contributed by atoms with Gasteiger partial charge in [-0.3, -0.25) is 9.59 Å². The molecule has 0 unspecified atom stereocenters. The smallest absolute Gasteiger partial charge is 0.258 e. The molecule has 28 heavy (non-hydrogen) atoms. The number of halogens is 1. The molecule has 5 nitrogen and oxygen atoms in total. The number of ether oxygens (including phenoxy) is 1. The van der Waals surface area contributed by atoms with E-state index in [9.17, 15) is 9.59 Å². The molecule has 1 aromatic heterocycles. The van der Waals surface area contributed by atoms with Crippen molar-refractivity contribution in [3.8, 4) is 5.75 Å². The van der Waals surface area contributed by atoms with E-state index in [4.69, 9.17) is 20.8 Å². The molecule has 0 aliphatic heterocycles. The van der Waals surface area contributed by atoms with Gasteiger partial charge < -0.3 is 14.5 Å². The van der Waals surface area contributed by atoms with E-state index < -0.39 is 0 Å². The van der Waals surface area contributed by atoms with Gasteiger partial charge in [0.1, 0.15) is 16.9 Å². The zero-order chi connectivity index (χ0) is 19.5. The van der Waals surface area contributed by atoms with Gasteiger partial charge in [-0.05, 0) is 42.0 Å². The number of hydrogen-bond donors (Lipinski definition) is 1. The standard InChI is InChI=1S/C22H16ClNO4/c23-15-7-5-14(6-8-15)12-24-21(25)13-27-16-9-10-18-20(11-16)28-19-4-2-1-3-17(19)22(18)26/h1-11H,12-13H2,(H,24,25). The first kappa shape index (κ1) is 18.1. The van der Waals surface area contributed by atoms with Crippen LogP contribution in [0, 0.1) is 0 Å². The monoisotopic (exact) mass is 393 g/mol. The van der Waals surface area contributed by atoms with Crippen LogP contribution in [0.3, 0.4) is 0 Å². The highest BCUT2D eigenvalue weighted by Crippen LogP contribution is 2.22. The summed E-state index contributed by atoms with van der Waals surface area (Å²) in [4.78, 5) is 24.5. The molecule has 0 aliphatic rings. The summed E-state index contributed by atoms with van der Waals surface area (Å²) in [5.41, 5.74) is 1.78. The van der Waals surface area contributed by atoms with Crippen molar-refractivity contribution in [2.75, 3.05) is 6.61 Å². The van der Waals surface area contributed by atoms with Crippen LogP contribution in [-0.4, -0.2) is 12.5 Å². The molecule has 4 rings (SSSR count). The lowest BCUT2D eigenvalue weighted by molar-refractivity contribution is -0.123. The molecule has 0 radical (unpaired) electrons. The predicted molar refractivity (Wildman–Crippen MR) is 109 cm³/mol. The number of para-hydroxylation sites is 1. The van der Waals surface area contributed by atoms with Crippen LogP contribution in [0.1, 0.15) is 5.56 Å². The van der Waals surface area contributed by atoms with E-state index in [1.165, 1.54) is 0 Å². The molecule has 1 amide bonds. The average molecular weight is 394 g/mol. The highest BCUT2D eigenvalue weighted by Gasteiger charge is 2.09. The van der Waals surface area contributed by atoms with Gasteiger partial charge >= 0.3 is 0 Å². The van der Waals surface area contributed by atoms with Gasteiger partial charge in [0.05, 0.1) is 10.8 Å². The minimum Gasteiger partial charge on any atom is -0.484 e. The normalized spacial score (nSPS) is 10.9. The largest absolute Gasteiger partial charge is 0.484 e. The Bertz CT molecular complexity index is 1210. The molecule has 0 fully saturated rings. The zero-order valence-corrected chi connectivity index (χ0v) is 15.5. The van der Waals surface area contributed by atoms with Crippen LogP contribution in [0.15, 0.2) is 75.9 Å². The van der Waals surface area contributed by atoms with E-state index in [0.29, 0.717) is 39.3 Å². The fourth-order valence-corrected chi connectivity index (χ4v) is 3.00. The van der Waals surface area contributed by atoms with Crippen LogP contribution in [0.5, 0.6) is 5.75 Å². The van der Waals surface area contributed by atoms with Crippen molar-refractivity contribution in [3.05, 3.63) is 87.5 Å². The minimum absolute atomic E-state index is 0.0934. The molecule has 0 spiro atoms. The van der Waals surface area contributed by atoms with Gasteiger partial charge in [-0.1, -0.05) is 35.9 Å². The number of rotatable bonds is 5. The Morgan fingerprint density at radius 2 is 1.71 bits per heavy atom. The maximum atomic E-state index is 12.5. The number of amides is 1. The molecule has 4 aromatic rings. The third kappa shape index (κ3) is 3.85. The summed E-state index contributed by atoms with van der Waals surface area (Å²) >= 11 is 5.84. The quantitative estimate of drug-likeness (QED) is 0.513. The van der Waals surface area contributed by atoms with Crippen LogP contribution in [-0.2, 0) is 11.3 Å². The second-order valence-corrected chi connectivity index (χ2v) is 6.71. The van der Waals surface area contributed by atoms with Gasteiger partial charge in [0.15, 0.2) is 6.61 Å². The molecule has 6 heteroatoms. The van der Waals surface area contributed by atoms with Gasteiger partial charge in [0, 0.05) is 17.6 Å². The van der Waals surface area contributed by atoms with Gasteiger partial charge in [-0.25, -0.2) is 0 Å². The average Bonchev–Trinajstić information content (AvgIpc) is 2.72. The molecule has 140 valence electrons. The van der Waals surface area contributed by atoms with E-state index >= 15 is 0 Å². The number of carbonyl (C=O) groups is 1. The lowest BCUT2D eigenvalue weighted by Gasteiger charge is -2.08. The van der Waals surface area contributed by atoms with E-state index in [1.807, 2.05) is 18.2 Å². The molecule has 1 N–H and O–H groups in total. The minimum atomic E-state index is -0.255. The van der Waals surface area contributed by atoms with Crippen molar-refractivity contribution < 1.29 is 13.9 Å². The van der Waals surface area contributed by atoms with Crippen LogP contribution >= 0.6 is 11.6 Å². The summed E-state index contributed by atoms with van der Waals surface area (Å²) < 4.78 is 11.3. The molecule has 1 heterocycles. The van der Waals surface area contributed by atoms with Crippen molar-refractivity contribution in [3.63, 3.8) is 0 Å². The van der Waals surface area contributed by atoms with Crippen LogP contribution in [0.4, 0.5) is 0 Å². The molecule has 3 aromatic carbocycles. The van der Waals surface area contributed by atoms with Crippen molar-refractivity contribution >= 4 is 39.4 Å². The first-order chi connectivity index (χ1) is 13.6. The Hall–Kier alpha value is -3.31. The summed E-state index contributed by atoms with van der Waals surface area (Å²) in [6, 6.07) is 19.2. The van der Waals surface area contributed by atoms with E-state index in [-0.39, 0.29) is 17.9 Å². The summed E-state index contributed by atoms with van der Waals surface area (Å²) in [7, 11) is 0. The van der Waals surface area contributed by atoms with Gasteiger partial charge in [-0.15, -0.1) is 0 Å². The summed E-state index contributed by atoms with van der Waals surface area (Å²) in [5, 5.41) is 4.43. The lowest BCUT2D eigenvalue weighted by Crippen LogP contribution is -2.28. The molecule has 0 saturated carbocycles. The summed E-state index contributed by atoms with van der Waals surface area (Å²) in [6.07, 6.45) is 0. The highest BCUT2D eigenvalue weighted by atomic mass is 35.5. The Balaban J connectivity index is 1.44. The number of benzene rings is 3. The first-order valence-corrected chi connectivity index (χ1v) is 9.07. The number of hydrogen-bond acceptors (Lipinski definition) is 4. The van der Waals surface area contributed by atoms with E-state index in [0.717, 1.165) is 5.56 Å². The molecular weight excluding hydrogens is 378 g/mol. The van der Waals surface area contributed by atoms with Crippen molar-refractivity contribution in [2.24, 2.45) is 0 Å². The second-order valence-electron chi connectivity index (χ2n) is 6.28. The predicted octanol–water partition coefficient (Wildman–Crippen LogP) is 4.29. The fraction of sp³-hybridized carbons (Fsp3) is 0.0909. The number of carbonyl (C=O) groups excluding carboxylic acids is 1. The molecule has 0 bridgehead atoms. The Morgan fingerprint density at radius 1 is 0.964 bits per heavy atom. The summed E-state index contributed by atoms with van der Waals surface area (Å²) in [6.45, 7) is 0.245. The van der Waals surface area contributed by atoms with Gasteiger partial charge in [0.25, 0.3) is 5.91 Å². The molecular formula is C22H16ClNO4. The van der Waals surface area contributed by atoms with Gasteiger partial charge in [0.2, 0.25) is 5.43 Å². The van der Waals surface area contributed by atoms with Gasteiger partial charge in [-0.2, -0.15) is 0 Å². The maximum absolute atomic E-state index is 12.5. The van der Waals surface area contributed by atoms with E-state index in [1.54, 1.807) is 48.5 Å². The Kier molecular flexibility index (Phi) is 5.00. The molecule has 0 atom stereocenters. The third-order valence-corrected chi connectivity index (χ3v) is 4.57. The summed E-state index contributed by atoms with van der Waals surface area (Å²) in [5.74, 6) is 0.197. The van der Waals surface area contributed by atoms with Crippen LogP contribution in [0.2, 0.25) is 5.02 Å².